The van der Waals surface area contributed by atoms with Gasteiger partial charge in [0.25, 0.3) is 0 Å². The Bertz CT molecular complexity index is 3200. The zero-order chi connectivity index (χ0) is 34.2. The molecule has 52 heavy (non-hydrogen) atoms. The molecule has 0 fully saturated rings. The zero-order valence-corrected chi connectivity index (χ0v) is 28.6. The lowest BCUT2D eigenvalue weighted by Gasteiger charge is -2.15. The van der Waals surface area contributed by atoms with Crippen LogP contribution in [0, 0.1) is 0 Å². The van der Waals surface area contributed by atoms with Crippen molar-refractivity contribution in [3.05, 3.63) is 164 Å². The summed E-state index contributed by atoms with van der Waals surface area (Å²) in [5.74, 6) is 1.84. The van der Waals surface area contributed by atoms with Gasteiger partial charge in [0.15, 0.2) is 17.5 Å². The van der Waals surface area contributed by atoms with Gasteiger partial charge in [-0.3, -0.25) is 0 Å². The van der Waals surface area contributed by atoms with E-state index in [1.54, 1.807) is 0 Å². The quantitative estimate of drug-likeness (QED) is 0.174. The van der Waals surface area contributed by atoms with Gasteiger partial charge in [-0.05, 0) is 69.1 Å². The maximum atomic E-state index is 6.49. The standard InChI is InChI=1S/C47H27N3OS/c1-2-12-29(13-3-1)45-48-46(31-23-24-33-30(27-31)22-21-28-11-4-5-14-32(28)33)50-47(49-45)44-35(25-26-39-43(44)36-15-6-8-18-38(36)51-39)34-17-10-20-41-42(34)37-16-7-9-19-40(37)52-41/h1-27H. The van der Waals surface area contributed by atoms with Gasteiger partial charge in [-0.25, -0.2) is 15.0 Å². The van der Waals surface area contributed by atoms with Gasteiger partial charge in [0.05, 0.1) is 0 Å². The van der Waals surface area contributed by atoms with Gasteiger partial charge in [0.2, 0.25) is 0 Å². The molecule has 4 nitrogen and oxygen atoms in total. The summed E-state index contributed by atoms with van der Waals surface area (Å²) < 4.78 is 9.00. The van der Waals surface area contributed by atoms with Crippen LogP contribution in [0.4, 0.5) is 0 Å². The Morgan fingerprint density at radius 3 is 1.98 bits per heavy atom. The van der Waals surface area contributed by atoms with Crippen molar-refractivity contribution in [3.8, 4) is 45.3 Å². The molecule has 11 aromatic rings. The number of aromatic nitrogens is 3. The third kappa shape index (κ3) is 4.50. The van der Waals surface area contributed by atoms with Gasteiger partial charge in [-0.1, -0.05) is 127 Å². The van der Waals surface area contributed by atoms with Gasteiger partial charge >= 0.3 is 0 Å². The topological polar surface area (TPSA) is 51.8 Å². The van der Waals surface area contributed by atoms with Crippen molar-refractivity contribution in [1.29, 1.82) is 0 Å². The molecule has 11 rings (SSSR count). The highest BCUT2D eigenvalue weighted by Gasteiger charge is 2.23. The molecule has 0 aliphatic heterocycles. The van der Waals surface area contributed by atoms with Crippen LogP contribution in [0.2, 0.25) is 0 Å². The Morgan fingerprint density at radius 1 is 0.385 bits per heavy atom. The van der Waals surface area contributed by atoms with Gasteiger partial charge in [-0.2, -0.15) is 0 Å². The Balaban J connectivity index is 1.24. The molecule has 0 N–H and O–H groups in total. The highest BCUT2D eigenvalue weighted by atomic mass is 32.1. The minimum atomic E-state index is 0.603. The number of hydrogen-bond donors (Lipinski definition) is 0. The van der Waals surface area contributed by atoms with E-state index in [1.165, 1.54) is 36.3 Å². The predicted octanol–water partition coefficient (Wildman–Crippen LogP) is 13.1. The molecule has 3 heterocycles. The highest BCUT2D eigenvalue weighted by Crippen LogP contribution is 2.46. The predicted molar refractivity (Wildman–Crippen MR) is 217 cm³/mol. The van der Waals surface area contributed by atoms with Crippen LogP contribution < -0.4 is 0 Å². The SMILES string of the molecule is c1ccc(-c2nc(-c3ccc4c(ccc5ccccc54)c3)nc(-c3c(-c4cccc5sc6ccccc6c45)ccc4oc5ccccc5c34)n2)cc1. The van der Waals surface area contributed by atoms with Crippen molar-refractivity contribution >= 4 is 75.0 Å². The van der Waals surface area contributed by atoms with Crippen LogP contribution in [0.1, 0.15) is 0 Å². The second-order valence-corrected chi connectivity index (χ2v) is 14.2. The zero-order valence-electron chi connectivity index (χ0n) is 27.7. The van der Waals surface area contributed by atoms with Gasteiger partial charge in [0, 0.05) is 47.6 Å². The first-order valence-corrected chi connectivity index (χ1v) is 18.2. The van der Waals surface area contributed by atoms with Crippen molar-refractivity contribution in [3.63, 3.8) is 0 Å². The minimum Gasteiger partial charge on any atom is -0.456 e. The molecule has 3 aromatic heterocycles. The normalized spacial score (nSPS) is 11.8. The average molecular weight is 682 g/mol. The largest absolute Gasteiger partial charge is 0.456 e. The molecule has 0 radical (unpaired) electrons. The fourth-order valence-corrected chi connectivity index (χ4v) is 8.89. The van der Waals surface area contributed by atoms with E-state index >= 15 is 0 Å². The van der Waals surface area contributed by atoms with E-state index in [2.05, 4.69) is 133 Å². The van der Waals surface area contributed by atoms with E-state index < -0.39 is 0 Å². The molecule has 5 heteroatoms. The number of hydrogen-bond acceptors (Lipinski definition) is 5. The summed E-state index contributed by atoms with van der Waals surface area (Å²) in [5, 5.41) is 9.28. The number of para-hydroxylation sites is 1. The summed E-state index contributed by atoms with van der Waals surface area (Å²) in [4.78, 5) is 15.8. The maximum Gasteiger partial charge on any atom is 0.165 e. The van der Waals surface area contributed by atoms with Crippen molar-refractivity contribution < 1.29 is 4.42 Å². The van der Waals surface area contributed by atoms with E-state index in [1.807, 2.05) is 41.7 Å². The molecule has 0 bridgehead atoms. The third-order valence-electron chi connectivity index (χ3n) is 10.1. The molecule has 0 amide bonds. The number of thiophene rings is 1. The van der Waals surface area contributed by atoms with Crippen molar-refractivity contribution in [2.45, 2.75) is 0 Å². The fourth-order valence-electron chi connectivity index (χ4n) is 7.76. The van der Waals surface area contributed by atoms with Crippen molar-refractivity contribution in [1.82, 2.24) is 15.0 Å². The summed E-state index contributed by atoms with van der Waals surface area (Å²) >= 11 is 1.82. The molecule has 8 aromatic carbocycles. The number of benzene rings is 8. The van der Waals surface area contributed by atoms with Gasteiger partial charge in [0.1, 0.15) is 11.2 Å². The Kier molecular flexibility index (Phi) is 6.39. The van der Waals surface area contributed by atoms with E-state index in [0.717, 1.165) is 55.1 Å². The van der Waals surface area contributed by atoms with E-state index in [9.17, 15) is 0 Å². The molecular formula is C47H27N3OS. The van der Waals surface area contributed by atoms with Gasteiger partial charge in [-0.15, -0.1) is 11.3 Å². The van der Waals surface area contributed by atoms with E-state index in [-0.39, 0.29) is 0 Å². The lowest BCUT2D eigenvalue weighted by molar-refractivity contribution is 0.669. The first kappa shape index (κ1) is 29.1. The van der Waals surface area contributed by atoms with Crippen molar-refractivity contribution in [2.24, 2.45) is 0 Å². The highest BCUT2D eigenvalue weighted by molar-refractivity contribution is 7.25. The molecule has 0 unspecified atom stereocenters. The van der Waals surface area contributed by atoms with Crippen molar-refractivity contribution in [2.75, 3.05) is 0 Å². The lowest BCUT2D eigenvalue weighted by atomic mass is 9.92. The first-order chi connectivity index (χ1) is 25.8. The summed E-state index contributed by atoms with van der Waals surface area (Å²) in [6.45, 7) is 0. The van der Waals surface area contributed by atoms with Crippen LogP contribution >= 0.6 is 11.3 Å². The molecular weight excluding hydrogens is 655 g/mol. The maximum absolute atomic E-state index is 6.49. The van der Waals surface area contributed by atoms with Gasteiger partial charge < -0.3 is 4.42 Å². The van der Waals surface area contributed by atoms with E-state index in [0.29, 0.717) is 17.5 Å². The summed E-state index contributed by atoms with van der Waals surface area (Å²) in [6.07, 6.45) is 0. The molecule has 0 aliphatic carbocycles. The Labute approximate surface area is 302 Å². The lowest BCUT2D eigenvalue weighted by Crippen LogP contribution is -2.01. The second-order valence-electron chi connectivity index (χ2n) is 13.1. The summed E-state index contributed by atoms with van der Waals surface area (Å²) in [7, 11) is 0. The Morgan fingerprint density at radius 2 is 1.08 bits per heavy atom. The molecule has 242 valence electrons. The minimum absolute atomic E-state index is 0.603. The molecule has 0 saturated carbocycles. The van der Waals surface area contributed by atoms with Crippen LogP contribution in [0.15, 0.2) is 168 Å². The van der Waals surface area contributed by atoms with Crippen LogP contribution in [-0.4, -0.2) is 15.0 Å². The van der Waals surface area contributed by atoms with E-state index in [4.69, 9.17) is 19.4 Å². The summed E-state index contributed by atoms with van der Waals surface area (Å²) in [6, 6.07) is 57.3. The second kappa shape index (κ2) is 11.4. The molecule has 0 spiro atoms. The van der Waals surface area contributed by atoms with Crippen LogP contribution in [0.3, 0.4) is 0 Å². The number of fused-ring (bicyclic) bond motifs is 9. The Hall–Kier alpha value is -6.69. The monoisotopic (exact) mass is 681 g/mol. The number of furan rings is 1. The molecule has 0 aliphatic rings. The first-order valence-electron chi connectivity index (χ1n) is 17.4. The fraction of sp³-hybridized carbons (Fsp3) is 0. The number of rotatable bonds is 4. The van der Waals surface area contributed by atoms with Crippen LogP contribution in [0.25, 0.3) is 109 Å². The average Bonchev–Trinajstić information content (AvgIpc) is 3.79. The number of nitrogens with zero attached hydrogens (tertiary/aromatic N) is 3. The van der Waals surface area contributed by atoms with Crippen LogP contribution in [0.5, 0.6) is 0 Å². The van der Waals surface area contributed by atoms with Crippen LogP contribution in [-0.2, 0) is 0 Å². The molecule has 0 atom stereocenters. The smallest absolute Gasteiger partial charge is 0.165 e. The third-order valence-corrected chi connectivity index (χ3v) is 11.3. The molecule has 0 saturated heterocycles. The summed E-state index contributed by atoms with van der Waals surface area (Å²) in [5.41, 5.74) is 6.60.